The minimum atomic E-state index is -1.10. The van der Waals surface area contributed by atoms with E-state index in [0.717, 1.165) is 12.1 Å². The molecule has 0 bridgehead atoms. The van der Waals surface area contributed by atoms with Gasteiger partial charge in [-0.05, 0) is 25.1 Å². The summed E-state index contributed by atoms with van der Waals surface area (Å²) < 4.78 is 30.6. The van der Waals surface area contributed by atoms with Crippen LogP contribution in [0.25, 0.3) is 0 Å². The van der Waals surface area contributed by atoms with Gasteiger partial charge in [0.2, 0.25) is 5.91 Å². The van der Waals surface area contributed by atoms with E-state index >= 15 is 0 Å². The van der Waals surface area contributed by atoms with Gasteiger partial charge in [0.25, 0.3) is 5.91 Å². The van der Waals surface area contributed by atoms with E-state index < -0.39 is 29.4 Å². The molecule has 1 aromatic carbocycles. The van der Waals surface area contributed by atoms with Gasteiger partial charge in [0.1, 0.15) is 6.54 Å². The fourth-order valence-electron chi connectivity index (χ4n) is 2.14. The molecule has 1 aliphatic heterocycles. The Morgan fingerprint density at radius 1 is 1.26 bits per heavy atom. The van der Waals surface area contributed by atoms with Crippen molar-refractivity contribution in [3.8, 4) is 0 Å². The number of benzene rings is 1. The Labute approximate surface area is 131 Å². The number of hydrogen-bond donors (Lipinski definition) is 1. The summed E-state index contributed by atoms with van der Waals surface area (Å²) in [5.74, 6) is -3.92. The van der Waals surface area contributed by atoms with E-state index in [4.69, 9.17) is 0 Å². The number of ether oxygens (including phenoxy) is 1. The Bertz CT molecular complexity index is 630. The van der Waals surface area contributed by atoms with Crippen LogP contribution in [-0.4, -0.2) is 48.9 Å². The predicted molar refractivity (Wildman–Crippen MR) is 75.4 cm³/mol. The maximum atomic E-state index is 13.1. The second-order valence-electron chi connectivity index (χ2n) is 5.06. The van der Waals surface area contributed by atoms with Gasteiger partial charge < -0.3 is 15.0 Å². The second-order valence-corrected chi connectivity index (χ2v) is 5.06. The molecule has 1 aromatic rings. The molecule has 124 valence electrons. The van der Waals surface area contributed by atoms with E-state index in [1.165, 1.54) is 11.0 Å². The molecule has 2 rings (SSSR count). The third-order valence-electron chi connectivity index (χ3n) is 3.42. The molecule has 8 heteroatoms. The molecule has 0 aromatic heterocycles. The summed E-state index contributed by atoms with van der Waals surface area (Å²) in [6, 6.07) is 2.90. The van der Waals surface area contributed by atoms with E-state index in [1.54, 1.807) is 6.92 Å². The van der Waals surface area contributed by atoms with Gasteiger partial charge in [0.15, 0.2) is 11.6 Å². The van der Waals surface area contributed by atoms with Gasteiger partial charge in [-0.3, -0.25) is 14.4 Å². The van der Waals surface area contributed by atoms with Crippen LogP contribution in [0.1, 0.15) is 17.3 Å². The lowest BCUT2D eigenvalue weighted by molar-refractivity contribution is -0.144. The molecule has 1 heterocycles. The molecular weight excluding hydrogens is 310 g/mol. The van der Waals surface area contributed by atoms with Gasteiger partial charge >= 0.3 is 5.97 Å². The van der Waals surface area contributed by atoms with E-state index in [0.29, 0.717) is 0 Å². The average molecular weight is 326 g/mol. The molecule has 1 fully saturated rings. The average Bonchev–Trinajstić information content (AvgIpc) is 2.46. The fourth-order valence-corrected chi connectivity index (χ4v) is 2.14. The standard InChI is InChI=1S/C15H16F2N2O4/c1-2-23-13(20)6-18-14(21)10-7-19(8-10)15(22)9-3-4-11(16)12(17)5-9/h3-5,10H,2,6-8H2,1H3,(H,18,21). The van der Waals surface area contributed by atoms with Crippen molar-refractivity contribution in [3.63, 3.8) is 0 Å². The first-order valence-electron chi connectivity index (χ1n) is 7.10. The first-order valence-corrected chi connectivity index (χ1v) is 7.10. The molecule has 6 nitrogen and oxygen atoms in total. The van der Waals surface area contributed by atoms with Gasteiger partial charge in [-0.25, -0.2) is 8.78 Å². The molecule has 0 radical (unpaired) electrons. The minimum absolute atomic E-state index is 0.0225. The number of likely N-dealkylation sites (tertiary alicyclic amines) is 1. The Hall–Kier alpha value is -2.51. The number of rotatable bonds is 5. The first kappa shape index (κ1) is 16.9. The molecule has 1 saturated heterocycles. The summed E-state index contributed by atoms with van der Waals surface area (Å²) in [5, 5.41) is 2.42. The Kier molecular flexibility index (Phi) is 5.25. The number of carbonyl (C=O) groups excluding carboxylic acids is 3. The molecule has 2 amide bonds. The quantitative estimate of drug-likeness (QED) is 0.809. The molecule has 1 aliphatic rings. The van der Waals surface area contributed by atoms with Crippen LogP contribution < -0.4 is 5.32 Å². The van der Waals surface area contributed by atoms with Crippen molar-refractivity contribution >= 4 is 17.8 Å². The highest BCUT2D eigenvalue weighted by atomic mass is 19.2. The van der Waals surface area contributed by atoms with Crippen LogP contribution in [0.15, 0.2) is 18.2 Å². The monoisotopic (exact) mass is 326 g/mol. The van der Waals surface area contributed by atoms with Crippen LogP contribution in [0.3, 0.4) is 0 Å². The van der Waals surface area contributed by atoms with Crippen molar-refractivity contribution in [2.45, 2.75) is 6.92 Å². The minimum Gasteiger partial charge on any atom is -0.465 e. The molecule has 0 spiro atoms. The van der Waals surface area contributed by atoms with Crippen LogP contribution >= 0.6 is 0 Å². The lowest BCUT2D eigenvalue weighted by Gasteiger charge is -2.38. The zero-order valence-electron chi connectivity index (χ0n) is 12.5. The summed E-state index contributed by atoms with van der Waals surface area (Å²) in [6.45, 7) is 1.99. The van der Waals surface area contributed by atoms with Crippen molar-refractivity contribution in [2.75, 3.05) is 26.2 Å². The number of amides is 2. The van der Waals surface area contributed by atoms with Crippen molar-refractivity contribution < 1.29 is 27.9 Å². The lowest BCUT2D eigenvalue weighted by Crippen LogP contribution is -2.56. The maximum absolute atomic E-state index is 13.1. The zero-order valence-corrected chi connectivity index (χ0v) is 12.5. The van der Waals surface area contributed by atoms with Crippen LogP contribution in [-0.2, 0) is 14.3 Å². The van der Waals surface area contributed by atoms with Gasteiger partial charge in [0.05, 0.1) is 12.5 Å². The zero-order chi connectivity index (χ0) is 17.0. The van der Waals surface area contributed by atoms with Crippen LogP contribution in [0.5, 0.6) is 0 Å². The Morgan fingerprint density at radius 3 is 2.57 bits per heavy atom. The predicted octanol–water partition coefficient (Wildman–Crippen LogP) is 0.716. The highest BCUT2D eigenvalue weighted by molar-refractivity contribution is 5.96. The third-order valence-corrected chi connectivity index (χ3v) is 3.42. The molecule has 1 N–H and O–H groups in total. The third kappa shape index (κ3) is 4.02. The Balaban J connectivity index is 1.81. The van der Waals surface area contributed by atoms with Crippen LogP contribution in [0.4, 0.5) is 8.78 Å². The highest BCUT2D eigenvalue weighted by Crippen LogP contribution is 2.20. The number of esters is 1. The van der Waals surface area contributed by atoms with Gasteiger partial charge in [-0.15, -0.1) is 0 Å². The number of halogens is 2. The fraction of sp³-hybridized carbons (Fsp3) is 0.400. The Morgan fingerprint density at radius 2 is 1.96 bits per heavy atom. The van der Waals surface area contributed by atoms with Crippen LogP contribution in [0.2, 0.25) is 0 Å². The van der Waals surface area contributed by atoms with Crippen molar-refractivity contribution in [2.24, 2.45) is 5.92 Å². The van der Waals surface area contributed by atoms with Crippen molar-refractivity contribution in [3.05, 3.63) is 35.4 Å². The molecule has 0 aliphatic carbocycles. The summed E-state index contributed by atoms with van der Waals surface area (Å²) in [4.78, 5) is 36.3. The van der Waals surface area contributed by atoms with Gasteiger partial charge in [-0.1, -0.05) is 0 Å². The summed E-state index contributed by atoms with van der Waals surface area (Å²) in [5.41, 5.74) is 0.0225. The topological polar surface area (TPSA) is 75.7 Å². The number of nitrogens with one attached hydrogen (secondary N) is 1. The summed E-state index contributed by atoms with van der Waals surface area (Å²) >= 11 is 0. The first-order chi connectivity index (χ1) is 10.9. The highest BCUT2D eigenvalue weighted by Gasteiger charge is 2.36. The van der Waals surface area contributed by atoms with E-state index in [2.05, 4.69) is 10.1 Å². The van der Waals surface area contributed by atoms with E-state index in [9.17, 15) is 23.2 Å². The number of carbonyl (C=O) groups is 3. The SMILES string of the molecule is CCOC(=O)CNC(=O)C1CN(C(=O)c2ccc(F)c(F)c2)C1. The number of nitrogens with zero attached hydrogens (tertiary/aromatic N) is 1. The van der Waals surface area contributed by atoms with Crippen molar-refractivity contribution in [1.29, 1.82) is 0 Å². The molecular formula is C15H16F2N2O4. The summed E-state index contributed by atoms with van der Waals surface area (Å²) in [6.07, 6.45) is 0. The van der Waals surface area contributed by atoms with E-state index in [-0.39, 0.29) is 37.7 Å². The normalized spacial score (nSPS) is 14.1. The molecule has 0 saturated carbocycles. The molecule has 0 atom stereocenters. The smallest absolute Gasteiger partial charge is 0.325 e. The molecule has 0 unspecified atom stereocenters. The van der Waals surface area contributed by atoms with Crippen molar-refractivity contribution in [1.82, 2.24) is 10.2 Å². The second kappa shape index (κ2) is 7.17. The largest absolute Gasteiger partial charge is 0.465 e. The number of hydrogen-bond acceptors (Lipinski definition) is 4. The van der Waals surface area contributed by atoms with Gasteiger partial charge in [-0.2, -0.15) is 0 Å². The van der Waals surface area contributed by atoms with Crippen LogP contribution in [0, 0.1) is 17.6 Å². The van der Waals surface area contributed by atoms with E-state index in [1.807, 2.05) is 0 Å². The molecule has 23 heavy (non-hydrogen) atoms. The van der Waals surface area contributed by atoms with Gasteiger partial charge in [0, 0.05) is 18.7 Å². The maximum Gasteiger partial charge on any atom is 0.325 e. The summed E-state index contributed by atoms with van der Waals surface area (Å²) in [7, 11) is 0. The lowest BCUT2D eigenvalue weighted by atomic mass is 9.98.